The van der Waals surface area contributed by atoms with Crippen LogP contribution in [0.5, 0.6) is 0 Å². The summed E-state index contributed by atoms with van der Waals surface area (Å²) >= 11 is 6.08. The average Bonchev–Trinajstić information content (AvgIpc) is 2.78. The maximum absolute atomic E-state index is 14.5. The Morgan fingerprint density at radius 2 is 2.27 bits per heavy atom. The van der Waals surface area contributed by atoms with Crippen molar-refractivity contribution in [3.05, 3.63) is 45.5 Å². The van der Waals surface area contributed by atoms with Crippen LogP contribution < -0.4 is 10.6 Å². The summed E-state index contributed by atoms with van der Waals surface area (Å²) in [7, 11) is 1.70. The Labute approximate surface area is 132 Å². The van der Waals surface area contributed by atoms with Crippen molar-refractivity contribution < 1.29 is 9.18 Å². The summed E-state index contributed by atoms with van der Waals surface area (Å²) in [4.78, 5) is 12.3. The lowest BCUT2D eigenvalue weighted by Crippen LogP contribution is -2.25. The molecule has 2 aromatic rings. The van der Waals surface area contributed by atoms with Crippen LogP contribution in [-0.2, 0) is 20.0 Å². The molecule has 0 fully saturated rings. The first-order valence-corrected chi connectivity index (χ1v) is 7.38. The highest BCUT2D eigenvalue weighted by atomic mass is 35.5. The number of nitrogens with one attached hydrogen (secondary N) is 2. The number of benzene rings is 1. The normalized spacial score (nSPS) is 13.8. The Balaban J connectivity index is 1.90. The highest BCUT2D eigenvalue weighted by Crippen LogP contribution is 2.26. The van der Waals surface area contributed by atoms with Crippen LogP contribution in [0.25, 0.3) is 0 Å². The molecule has 0 radical (unpaired) electrons. The highest BCUT2D eigenvalue weighted by molar-refractivity contribution is 6.34. The number of nitrogens with zero attached hydrogens (tertiary/aromatic N) is 2. The van der Waals surface area contributed by atoms with E-state index in [0.29, 0.717) is 24.2 Å². The third kappa shape index (κ3) is 2.48. The van der Waals surface area contributed by atoms with Crippen molar-refractivity contribution in [2.75, 3.05) is 11.9 Å². The lowest BCUT2D eigenvalue weighted by atomic mass is 9.99. The Hall–Kier alpha value is -1.92. The molecule has 1 aromatic carbocycles. The van der Waals surface area contributed by atoms with Crippen molar-refractivity contribution in [2.24, 2.45) is 7.05 Å². The number of aromatic nitrogens is 2. The van der Waals surface area contributed by atoms with Crippen molar-refractivity contribution in [1.29, 1.82) is 0 Å². The number of rotatable bonds is 2. The maximum Gasteiger partial charge on any atom is 0.277 e. The fourth-order valence-electron chi connectivity index (χ4n) is 2.54. The number of aryl methyl sites for hydroxylation is 1. The van der Waals surface area contributed by atoms with Crippen LogP contribution in [0.2, 0.25) is 5.02 Å². The van der Waals surface area contributed by atoms with Crippen LogP contribution >= 0.6 is 11.6 Å². The second-order valence-corrected chi connectivity index (χ2v) is 5.70. The highest BCUT2D eigenvalue weighted by Gasteiger charge is 2.21. The summed E-state index contributed by atoms with van der Waals surface area (Å²) in [6, 6.07) is 3.40. The van der Waals surface area contributed by atoms with Gasteiger partial charge in [0.05, 0.1) is 16.4 Å². The molecule has 0 saturated carbocycles. The van der Waals surface area contributed by atoms with Crippen molar-refractivity contribution in [3.63, 3.8) is 0 Å². The Kier molecular flexibility index (Phi) is 3.88. The van der Waals surface area contributed by atoms with Crippen LogP contribution in [0.4, 0.5) is 10.1 Å². The number of halogens is 2. The third-order valence-electron chi connectivity index (χ3n) is 3.93. The van der Waals surface area contributed by atoms with Gasteiger partial charge in [-0.3, -0.25) is 9.48 Å². The van der Waals surface area contributed by atoms with Gasteiger partial charge in [0, 0.05) is 13.6 Å². The molecule has 1 aliphatic heterocycles. The molecular weight excluding hydrogens is 307 g/mol. The predicted octanol–water partition coefficient (Wildman–Crippen LogP) is 2.42. The average molecular weight is 323 g/mol. The number of amides is 1. The van der Waals surface area contributed by atoms with E-state index in [1.807, 2.05) is 6.07 Å². The number of anilines is 1. The van der Waals surface area contributed by atoms with Gasteiger partial charge < -0.3 is 10.6 Å². The summed E-state index contributed by atoms with van der Waals surface area (Å²) < 4.78 is 16.0. The quantitative estimate of drug-likeness (QED) is 0.892. The van der Waals surface area contributed by atoms with Crippen molar-refractivity contribution in [1.82, 2.24) is 15.1 Å². The van der Waals surface area contributed by atoms with Crippen LogP contribution in [0, 0.1) is 12.7 Å². The van der Waals surface area contributed by atoms with Gasteiger partial charge in [-0.05, 0) is 37.1 Å². The zero-order valence-corrected chi connectivity index (χ0v) is 13.1. The van der Waals surface area contributed by atoms with E-state index in [2.05, 4.69) is 15.7 Å². The van der Waals surface area contributed by atoms with Gasteiger partial charge in [-0.15, -0.1) is 0 Å². The minimum atomic E-state index is -0.513. The van der Waals surface area contributed by atoms with Gasteiger partial charge in [0.15, 0.2) is 5.69 Å². The van der Waals surface area contributed by atoms with Crippen LogP contribution in [0.1, 0.15) is 27.3 Å². The van der Waals surface area contributed by atoms with Crippen LogP contribution in [0.15, 0.2) is 12.1 Å². The lowest BCUT2D eigenvalue weighted by molar-refractivity contribution is 0.102. The summed E-state index contributed by atoms with van der Waals surface area (Å²) in [6.07, 6.45) is 0.605. The second kappa shape index (κ2) is 5.70. The molecule has 0 atom stereocenters. The van der Waals surface area contributed by atoms with E-state index in [4.69, 9.17) is 11.6 Å². The first-order chi connectivity index (χ1) is 10.5. The predicted molar refractivity (Wildman–Crippen MR) is 82.7 cm³/mol. The summed E-state index contributed by atoms with van der Waals surface area (Å²) in [5.41, 5.74) is 2.52. The summed E-state index contributed by atoms with van der Waals surface area (Å²) in [5.74, 6) is -0.891. The van der Waals surface area contributed by atoms with Gasteiger partial charge in [-0.2, -0.15) is 5.10 Å². The van der Waals surface area contributed by atoms with Gasteiger partial charge in [0.25, 0.3) is 5.91 Å². The van der Waals surface area contributed by atoms with Crippen molar-refractivity contribution in [3.8, 4) is 0 Å². The molecule has 0 bridgehead atoms. The molecule has 1 aromatic heterocycles. The molecule has 0 unspecified atom stereocenters. The van der Waals surface area contributed by atoms with E-state index in [1.165, 1.54) is 4.68 Å². The van der Waals surface area contributed by atoms with E-state index in [1.54, 1.807) is 20.0 Å². The molecular formula is C15H16ClFN4O. The minimum absolute atomic E-state index is 0.0976. The zero-order valence-electron chi connectivity index (χ0n) is 12.3. The molecule has 5 nitrogen and oxygen atoms in total. The van der Waals surface area contributed by atoms with E-state index in [-0.39, 0.29) is 22.2 Å². The fraction of sp³-hybridized carbons (Fsp3) is 0.333. The largest absolute Gasteiger partial charge is 0.318 e. The van der Waals surface area contributed by atoms with E-state index in [9.17, 15) is 9.18 Å². The standard InChI is InChI=1S/C15H16ClFN4O/c1-8-12(16)14(20-21(8)2)15(22)19-11-4-3-9-7-18-6-5-10(9)13(11)17/h3-4,18H,5-7H2,1-2H3,(H,19,22). The number of fused-ring (bicyclic) bond motifs is 1. The smallest absolute Gasteiger partial charge is 0.277 e. The van der Waals surface area contributed by atoms with E-state index in [0.717, 1.165) is 12.1 Å². The molecule has 0 saturated heterocycles. The molecule has 22 heavy (non-hydrogen) atoms. The number of carbonyl (C=O) groups is 1. The van der Waals surface area contributed by atoms with Gasteiger partial charge in [-0.25, -0.2) is 4.39 Å². The van der Waals surface area contributed by atoms with Crippen LogP contribution in [-0.4, -0.2) is 22.2 Å². The topological polar surface area (TPSA) is 59.0 Å². The zero-order chi connectivity index (χ0) is 15.9. The van der Waals surface area contributed by atoms with Gasteiger partial charge in [0.1, 0.15) is 5.82 Å². The van der Waals surface area contributed by atoms with Crippen LogP contribution in [0.3, 0.4) is 0 Å². The Morgan fingerprint density at radius 1 is 1.50 bits per heavy atom. The van der Waals surface area contributed by atoms with Gasteiger partial charge >= 0.3 is 0 Å². The molecule has 1 aliphatic rings. The van der Waals surface area contributed by atoms with Gasteiger partial charge in [-0.1, -0.05) is 17.7 Å². The van der Waals surface area contributed by atoms with E-state index < -0.39 is 5.91 Å². The monoisotopic (exact) mass is 322 g/mol. The Morgan fingerprint density at radius 3 is 2.95 bits per heavy atom. The fourth-order valence-corrected chi connectivity index (χ4v) is 2.78. The molecule has 7 heteroatoms. The van der Waals surface area contributed by atoms with Crippen molar-refractivity contribution >= 4 is 23.2 Å². The number of hydrogen-bond donors (Lipinski definition) is 2. The molecule has 0 spiro atoms. The van der Waals surface area contributed by atoms with Crippen molar-refractivity contribution in [2.45, 2.75) is 19.9 Å². The number of hydrogen-bond acceptors (Lipinski definition) is 3. The summed E-state index contributed by atoms with van der Waals surface area (Å²) in [5, 5.41) is 10.1. The third-order valence-corrected chi connectivity index (χ3v) is 4.38. The molecule has 116 valence electrons. The first-order valence-electron chi connectivity index (χ1n) is 7.00. The van der Waals surface area contributed by atoms with E-state index >= 15 is 0 Å². The van der Waals surface area contributed by atoms with Gasteiger partial charge in [0.2, 0.25) is 0 Å². The Bertz CT molecular complexity index is 756. The maximum atomic E-state index is 14.5. The SMILES string of the molecule is Cc1c(Cl)c(C(=O)Nc2ccc3c(c2F)CCNC3)nn1C. The second-order valence-electron chi connectivity index (χ2n) is 5.32. The number of carbonyl (C=O) groups excluding carboxylic acids is 1. The minimum Gasteiger partial charge on any atom is -0.318 e. The summed E-state index contributed by atoms with van der Waals surface area (Å²) in [6.45, 7) is 3.14. The lowest BCUT2D eigenvalue weighted by Gasteiger charge is -2.19. The molecule has 3 rings (SSSR count). The molecule has 2 N–H and O–H groups in total. The molecule has 1 amide bonds. The first kappa shape index (κ1) is 15.0. The molecule has 0 aliphatic carbocycles. The molecule has 2 heterocycles.